The van der Waals surface area contributed by atoms with Crippen molar-refractivity contribution >= 4 is 55.5 Å². The molecule has 2 aromatic rings. The number of benzene rings is 1. The quantitative estimate of drug-likeness (QED) is 0.903. The van der Waals surface area contributed by atoms with Gasteiger partial charge in [0.15, 0.2) is 0 Å². The van der Waals surface area contributed by atoms with Crippen molar-refractivity contribution in [3.63, 3.8) is 0 Å². The lowest BCUT2D eigenvalue weighted by molar-refractivity contribution is 0.360. The van der Waals surface area contributed by atoms with Crippen LogP contribution in [-0.4, -0.2) is 38.9 Å². The van der Waals surface area contributed by atoms with E-state index in [9.17, 15) is 8.42 Å². The zero-order valence-electron chi connectivity index (χ0n) is 10.5. The van der Waals surface area contributed by atoms with Crippen LogP contribution in [0.15, 0.2) is 28.5 Å². The highest BCUT2D eigenvalue weighted by Gasteiger charge is 2.28. The van der Waals surface area contributed by atoms with Crippen LogP contribution in [0.1, 0.15) is 0 Å². The van der Waals surface area contributed by atoms with E-state index in [0.717, 1.165) is 10.1 Å². The minimum absolute atomic E-state index is 0. The molecule has 0 spiro atoms. The molecule has 1 fully saturated rings. The predicted octanol–water partition coefficient (Wildman–Crippen LogP) is 2.57. The maximum atomic E-state index is 12.6. The van der Waals surface area contributed by atoms with Crippen molar-refractivity contribution in [2.45, 2.75) is 4.90 Å². The lowest BCUT2D eigenvalue weighted by Gasteiger charge is -2.26. The second-order valence-corrected chi connectivity index (χ2v) is 7.65. The molecule has 0 atom stereocenters. The van der Waals surface area contributed by atoms with E-state index >= 15 is 0 Å². The van der Waals surface area contributed by atoms with Crippen LogP contribution >= 0.6 is 35.3 Å². The summed E-state index contributed by atoms with van der Waals surface area (Å²) in [6.45, 7) is 2.42. The zero-order chi connectivity index (χ0) is 13.5. The summed E-state index contributed by atoms with van der Waals surface area (Å²) in [5.41, 5.74) is 0. The topological polar surface area (TPSA) is 49.4 Å². The second-order valence-electron chi connectivity index (χ2n) is 4.39. The first-order valence-electron chi connectivity index (χ1n) is 5.97. The van der Waals surface area contributed by atoms with E-state index in [-0.39, 0.29) is 12.4 Å². The zero-order valence-corrected chi connectivity index (χ0v) is 13.7. The third-order valence-corrected chi connectivity index (χ3v) is 6.48. The van der Waals surface area contributed by atoms with Crippen LogP contribution in [0.25, 0.3) is 10.1 Å². The summed E-state index contributed by atoms with van der Waals surface area (Å²) >= 11 is 7.40. The number of rotatable bonds is 2. The summed E-state index contributed by atoms with van der Waals surface area (Å²) in [7, 11) is -3.42. The number of nitrogens with one attached hydrogen (secondary N) is 1. The van der Waals surface area contributed by atoms with Crippen LogP contribution in [0, 0.1) is 0 Å². The van der Waals surface area contributed by atoms with E-state index in [1.807, 2.05) is 6.07 Å². The van der Waals surface area contributed by atoms with Gasteiger partial charge in [0.2, 0.25) is 10.0 Å². The van der Waals surface area contributed by atoms with Crippen molar-refractivity contribution in [2.75, 3.05) is 26.2 Å². The Morgan fingerprint density at radius 3 is 2.65 bits per heavy atom. The smallest absolute Gasteiger partial charge is 0.244 e. The van der Waals surface area contributed by atoms with Gasteiger partial charge in [0, 0.05) is 46.7 Å². The van der Waals surface area contributed by atoms with Crippen molar-refractivity contribution in [1.29, 1.82) is 0 Å². The summed E-state index contributed by atoms with van der Waals surface area (Å²) in [5.74, 6) is 0. The third-order valence-electron chi connectivity index (χ3n) is 3.19. The first kappa shape index (κ1) is 16.0. The molecular formula is C12H14Cl2N2O2S2. The van der Waals surface area contributed by atoms with Crippen LogP contribution in [0.5, 0.6) is 0 Å². The normalized spacial score (nSPS) is 17.1. The van der Waals surface area contributed by atoms with Gasteiger partial charge in [-0.3, -0.25) is 0 Å². The number of thiophene rings is 1. The minimum Gasteiger partial charge on any atom is -0.314 e. The van der Waals surface area contributed by atoms with Crippen LogP contribution in [0.4, 0.5) is 0 Å². The Bertz CT molecular complexity index is 709. The monoisotopic (exact) mass is 352 g/mol. The molecule has 8 heteroatoms. The van der Waals surface area contributed by atoms with Gasteiger partial charge >= 0.3 is 0 Å². The van der Waals surface area contributed by atoms with Gasteiger partial charge in [-0.15, -0.1) is 23.7 Å². The largest absolute Gasteiger partial charge is 0.314 e. The van der Waals surface area contributed by atoms with E-state index in [1.165, 1.54) is 15.6 Å². The van der Waals surface area contributed by atoms with E-state index in [2.05, 4.69) is 5.32 Å². The number of hydrogen-bond donors (Lipinski definition) is 1. The minimum atomic E-state index is -3.42. The van der Waals surface area contributed by atoms with Gasteiger partial charge < -0.3 is 5.32 Å². The molecular weight excluding hydrogens is 339 g/mol. The van der Waals surface area contributed by atoms with Gasteiger partial charge in [-0.1, -0.05) is 11.6 Å². The Hall–Kier alpha value is -0.370. The number of nitrogens with zero attached hydrogens (tertiary/aromatic N) is 1. The highest BCUT2D eigenvalue weighted by molar-refractivity contribution is 7.89. The van der Waals surface area contributed by atoms with Crippen molar-refractivity contribution in [3.05, 3.63) is 28.6 Å². The Balaban J connectivity index is 0.00000147. The Morgan fingerprint density at radius 2 is 1.95 bits per heavy atom. The summed E-state index contributed by atoms with van der Waals surface area (Å²) in [6.07, 6.45) is 0. The Labute approximate surface area is 133 Å². The van der Waals surface area contributed by atoms with Gasteiger partial charge in [-0.2, -0.15) is 4.31 Å². The van der Waals surface area contributed by atoms with E-state index < -0.39 is 10.0 Å². The Kier molecular flexibility index (Phi) is 4.94. The molecule has 0 aliphatic carbocycles. The number of fused-ring (bicyclic) bond motifs is 1. The molecule has 1 aromatic heterocycles. The molecule has 0 saturated carbocycles. The summed E-state index contributed by atoms with van der Waals surface area (Å²) in [5, 5.41) is 6.14. The van der Waals surface area contributed by atoms with Gasteiger partial charge in [0.25, 0.3) is 0 Å². The van der Waals surface area contributed by atoms with Crippen molar-refractivity contribution < 1.29 is 8.42 Å². The Morgan fingerprint density at radius 1 is 1.25 bits per heavy atom. The van der Waals surface area contributed by atoms with Gasteiger partial charge in [-0.25, -0.2) is 8.42 Å². The van der Waals surface area contributed by atoms with Crippen LogP contribution < -0.4 is 5.32 Å². The molecule has 110 valence electrons. The molecule has 1 N–H and O–H groups in total. The average Bonchev–Trinajstić information content (AvgIpc) is 2.83. The number of halogens is 2. The molecule has 1 aliphatic rings. The fourth-order valence-electron chi connectivity index (χ4n) is 2.20. The molecule has 3 rings (SSSR count). The summed E-state index contributed by atoms with van der Waals surface area (Å²) in [4.78, 5) is 0.372. The molecule has 0 amide bonds. The molecule has 2 heterocycles. The average molecular weight is 353 g/mol. The fraction of sp³-hybridized carbons (Fsp3) is 0.333. The molecule has 0 bridgehead atoms. The molecule has 4 nitrogen and oxygen atoms in total. The van der Waals surface area contributed by atoms with Crippen LogP contribution in [0.3, 0.4) is 0 Å². The first-order valence-corrected chi connectivity index (χ1v) is 8.66. The van der Waals surface area contributed by atoms with E-state index in [0.29, 0.717) is 36.1 Å². The summed E-state index contributed by atoms with van der Waals surface area (Å²) < 4.78 is 27.7. The third kappa shape index (κ3) is 2.81. The predicted molar refractivity (Wildman–Crippen MR) is 85.7 cm³/mol. The standard InChI is InChI=1S/C12H13ClN2O2S2.ClH/c13-9-1-2-11-10(7-9)12(8-18-11)19(16,17)15-5-3-14-4-6-15;/h1-2,7-8,14H,3-6H2;1H. The number of hydrogen-bond acceptors (Lipinski definition) is 4. The van der Waals surface area contributed by atoms with Crippen molar-refractivity contribution in [1.82, 2.24) is 9.62 Å². The van der Waals surface area contributed by atoms with Gasteiger partial charge in [0.1, 0.15) is 4.90 Å². The molecule has 0 unspecified atom stereocenters. The molecule has 1 aromatic carbocycles. The maximum Gasteiger partial charge on any atom is 0.244 e. The first-order chi connectivity index (χ1) is 9.09. The van der Waals surface area contributed by atoms with E-state index in [1.54, 1.807) is 17.5 Å². The van der Waals surface area contributed by atoms with Crippen LogP contribution in [-0.2, 0) is 10.0 Å². The lowest BCUT2D eigenvalue weighted by atomic mass is 10.3. The highest BCUT2D eigenvalue weighted by atomic mass is 35.5. The second kappa shape index (κ2) is 6.17. The van der Waals surface area contributed by atoms with Crippen LogP contribution in [0.2, 0.25) is 5.02 Å². The molecule has 1 aliphatic heterocycles. The number of piperazine rings is 1. The highest BCUT2D eigenvalue weighted by Crippen LogP contribution is 2.33. The summed E-state index contributed by atoms with van der Waals surface area (Å²) in [6, 6.07) is 5.36. The maximum absolute atomic E-state index is 12.6. The van der Waals surface area contributed by atoms with Gasteiger partial charge in [-0.05, 0) is 18.2 Å². The van der Waals surface area contributed by atoms with E-state index in [4.69, 9.17) is 11.6 Å². The lowest BCUT2D eigenvalue weighted by Crippen LogP contribution is -2.46. The van der Waals surface area contributed by atoms with Crippen molar-refractivity contribution in [3.8, 4) is 0 Å². The molecule has 0 radical (unpaired) electrons. The number of sulfonamides is 1. The fourth-order valence-corrected chi connectivity index (χ4v) is 5.26. The SMILES string of the molecule is Cl.O=S(=O)(c1csc2ccc(Cl)cc12)N1CCNCC1. The molecule has 1 saturated heterocycles. The van der Waals surface area contributed by atoms with Crippen molar-refractivity contribution in [2.24, 2.45) is 0 Å². The molecule has 20 heavy (non-hydrogen) atoms. The van der Waals surface area contributed by atoms with Gasteiger partial charge in [0.05, 0.1) is 0 Å².